The van der Waals surface area contributed by atoms with Gasteiger partial charge >= 0.3 is 0 Å². The highest BCUT2D eigenvalue weighted by atomic mass is 32.1. The summed E-state index contributed by atoms with van der Waals surface area (Å²) in [6, 6.07) is 6.60. The predicted octanol–water partition coefficient (Wildman–Crippen LogP) is 2.98. The first-order chi connectivity index (χ1) is 8.22. The third-order valence-electron chi connectivity index (χ3n) is 3.28. The number of benzene rings is 1. The van der Waals surface area contributed by atoms with E-state index in [0.717, 1.165) is 22.1 Å². The van der Waals surface area contributed by atoms with Gasteiger partial charge in [0, 0.05) is 12.0 Å². The first kappa shape index (κ1) is 9.36. The van der Waals surface area contributed by atoms with Crippen molar-refractivity contribution in [1.29, 1.82) is 0 Å². The van der Waals surface area contributed by atoms with Crippen LogP contribution < -0.4 is 0 Å². The van der Waals surface area contributed by atoms with E-state index >= 15 is 0 Å². The average molecular weight is 241 g/mol. The molecule has 1 aliphatic rings. The van der Waals surface area contributed by atoms with Crippen LogP contribution in [0.3, 0.4) is 0 Å². The minimum absolute atomic E-state index is 0.954. The molecule has 0 aliphatic heterocycles. The van der Waals surface area contributed by atoms with Gasteiger partial charge in [0.25, 0.3) is 0 Å². The molecule has 4 heteroatoms. The second kappa shape index (κ2) is 2.96. The molecule has 0 fully saturated rings. The van der Waals surface area contributed by atoms with Crippen LogP contribution in [0.15, 0.2) is 18.2 Å². The summed E-state index contributed by atoms with van der Waals surface area (Å²) < 4.78 is 2.00. The molecule has 0 amide bonds. The Balaban J connectivity index is 2.05. The molecule has 0 N–H and O–H groups in total. The van der Waals surface area contributed by atoms with Crippen molar-refractivity contribution in [2.75, 3.05) is 0 Å². The Morgan fingerprint density at radius 2 is 2.18 bits per heavy atom. The lowest BCUT2D eigenvalue weighted by Crippen LogP contribution is -1.91. The Morgan fingerprint density at radius 1 is 1.29 bits per heavy atom. The zero-order valence-corrected chi connectivity index (χ0v) is 10.5. The van der Waals surface area contributed by atoms with E-state index in [2.05, 4.69) is 30.2 Å². The first-order valence-electron chi connectivity index (χ1n) is 5.67. The molecule has 0 saturated carbocycles. The predicted molar refractivity (Wildman–Crippen MR) is 68.6 cm³/mol. The van der Waals surface area contributed by atoms with Crippen molar-refractivity contribution in [3.63, 3.8) is 0 Å². The van der Waals surface area contributed by atoms with E-state index in [0.29, 0.717) is 0 Å². The minimum Gasteiger partial charge on any atom is -0.217 e. The summed E-state index contributed by atoms with van der Waals surface area (Å²) in [7, 11) is 0. The maximum Gasteiger partial charge on any atom is 0.212 e. The van der Waals surface area contributed by atoms with Gasteiger partial charge in [0.05, 0.1) is 11.4 Å². The number of hydrogen-bond acceptors (Lipinski definition) is 3. The Kier molecular flexibility index (Phi) is 1.63. The molecule has 2 heterocycles. The van der Waals surface area contributed by atoms with E-state index in [1.807, 2.05) is 11.4 Å². The van der Waals surface area contributed by atoms with Gasteiger partial charge in [0.1, 0.15) is 5.01 Å². The van der Waals surface area contributed by atoms with Crippen LogP contribution in [0.25, 0.3) is 16.2 Å². The fourth-order valence-electron chi connectivity index (χ4n) is 2.51. The fraction of sp³-hybridized carbons (Fsp3) is 0.231. The first-order valence-corrected chi connectivity index (χ1v) is 6.49. The van der Waals surface area contributed by atoms with Crippen LogP contribution in [0.1, 0.15) is 21.8 Å². The Hall–Kier alpha value is -1.68. The summed E-state index contributed by atoms with van der Waals surface area (Å²) in [5, 5.41) is 5.59. The average Bonchev–Trinajstić information content (AvgIpc) is 2.88. The van der Waals surface area contributed by atoms with Gasteiger partial charge in [-0.1, -0.05) is 29.0 Å². The summed E-state index contributed by atoms with van der Waals surface area (Å²) >= 11 is 1.66. The number of rotatable bonds is 0. The molecule has 0 atom stereocenters. The van der Waals surface area contributed by atoms with Crippen molar-refractivity contribution in [3.8, 4) is 11.3 Å². The standard InChI is InChI=1S/C13H11N3S/c1-7-3-4-9-6-11-12(10(9)5-7)14-13-16(11)15-8(2)17-13/h3-5H,6H2,1-2H3. The van der Waals surface area contributed by atoms with E-state index in [4.69, 9.17) is 4.98 Å². The summed E-state index contributed by atoms with van der Waals surface area (Å²) in [6.07, 6.45) is 0.954. The molecular formula is C13H11N3S. The van der Waals surface area contributed by atoms with E-state index < -0.39 is 0 Å². The lowest BCUT2D eigenvalue weighted by atomic mass is 10.1. The van der Waals surface area contributed by atoms with E-state index in [-0.39, 0.29) is 0 Å². The molecule has 0 spiro atoms. The fourth-order valence-corrected chi connectivity index (χ4v) is 3.27. The Morgan fingerprint density at radius 3 is 3.06 bits per heavy atom. The molecule has 3 aromatic rings. The van der Waals surface area contributed by atoms with Crippen molar-refractivity contribution < 1.29 is 0 Å². The highest BCUT2D eigenvalue weighted by Crippen LogP contribution is 2.37. The second-order valence-electron chi connectivity index (χ2n) is 4.56. The topological polar surface area (TPSA) is 30.2 Å². The summed E-state index contributed by atoms with van der Waals surface area (Å²) in [6.45, 7) is 4.15. The van der Waals surface area contributed by atoms with Gasteiger partial charge in [-0.05, 0) is 25.5 Å². The molecule has 17 heavy (non-hydrogen) atoms. The zero-order chi connectivity index (χ0) is 11.6. The second-order valence-corrected chi connectivity index (χ2v) is 5.72. The zero-order valence-electron chi connectivity index (χ0n) is 9.69. The maximum absolute atomic E-state index is 4.72. The molecular weight excluding hydrogens is 230 g/mol. The van der Waals surface area contributed by atoms with Crippen molar-refractivity contribution in [2.45, 2.75) is 20.3 Å². The number of hydrogen-bond donors (Lipinski definition) is 0. The van der Waals surface area contributed by atoms with Crippen LogP contribution in [-0.4, -0.2) is 14.6 Å². The largest absolute Gasteiger partial charge is 0.217 e. The normalized spacial score (nSPS) is 13.1. The van der Waals surface area contributed by atoms with Crippen molar-refractivity contribution in [1.82, 2.24) is 14.6 Å². The molecule has 2 aromatic heterocycles. The molecule has 1 aliphatic carbocycles. The number of imidazole rings is 1. The molecule has 3 nitrogen and oxygen atoms in total. The van der Waals surface area contributed by atoms with Crippen molar-refractivity contribution in [3.05, 3.63) is 40.0 Å². The van der Waals surface area contributed by atoms with Gasteiger partial charge in [-0.3, -0.25) is 0 Å². The third-order valence-corrected chi connectivity index (χ3v) is 4.10. The van der Waals surface area contributed by atoms with E-state index in [1.165, 1.54) is 22.4 Å². The van der Waals surface area contributed by atoms with E-state index in [1.54, 1.807) is 11.3 Å². The molecule has 0 radical (unpaired) electrons. The highest BCUT2D eigenvalue weighted by Gasteiger charge is 2.25. The summed E-state index contributed by atoms with van der Waals surface area (Å²) in [5.41, 5.74) is 6.31. The van der Waals surface area contributed by atoms with Gasteiger partial charge in [0.2, 0.25) is 4.96 Å². The van der Waals surface area contributed by atoms with Crippen LogP contribution in [0.2, 0.25) is 0 Å². The minimum atomic E-state index is 0.954. The Labute approximate surface area is 103 Å². The van der Waals surface area contributed by atoms with Crippen LogP contribution in [0, 0.1) is 13.8 Å². The number of nitrogens with zero attached hydrogens (tertiary/aromatic N) is 3. The molecule has 4 rings (SSSR count). The van der Waals surface area contributed by atoms with Crippen molar-refractivity contribution in [2.24, 2.45) is 0 Å². The molecule has 84 valence electrons. The summed E-state index contributed by atoms with van der Waals surface area (Å²) in [5.74, 6) is 0. The quantitative estimate of drug-likeness (QED) is 0.474. The smallest absolute Gasteiger partial charge is 0.212 e. The van der Waals surface area contributed by atoms with E-state index in [9.17, 15) is 0 Å². The number of aryl methyl sites for hydroxylation is 2. The van der Waals surface area contributed by atoms with Gasteiger partial charge in [-0.15, -0.1) is 0 Å². The highest BCUT2D eigenvalue weighted by molar-refractivity contribution is 7.16. The summed E-state index contributed by atoms with van der Waals surface area (Å²) in [4.78, 5) is 5.73. The third kappa shape index (κ3) is 1.16. The Bertz CT molecular complexity index is 751. The van der Waals surface area contributed by atoms with Crippen LogP contribution in [0.4, 0.5) is 0 Å². The lowest BCUT2D eigenvalue weighted by molar-refractivity contribution is 0.889. The van der Waals surface area contributed by atoms with Gasteiger partial charge < -0.3 is 0 Å². The van der Waals surface area contributed by atoms with Crippen molar-refractivity contribution >= 4 is 16.3 Å². The van der Waals surface area contributed by atoms with Gasteiger partial charge in [-0.2, -0.15) is 5.10 Å². The van der Waals surface area contributed by atoms with Crippen LogP contribution in [-0.2, 0) is 6.42 Å². The monoisotopic (exact) mass is 241 g/mol. The SMILES string of the molecule is Cc1ccc2c(c1)-c1nc3sc(C)nn3c1C2. The van der Waals surface area contributed by atoms with Gasteiger partial charge in [-0.25, -0.2) is 9.50 Å². The molecule has 0 saturated heterocycles. The van der Waals surface area contributed by atoms with Gasteiger partial charge in [0.15, 0.2) is 0 Å². The van der Waals surface area contributed by atoms with Crippen LogP contribution in [0.5, 0.6) is 0 Å². The molecule has 0 unspecified atom stereocenters. The number of aromatic nitrogens is 3. The lowest BCUT2D eigenvalue weighted by Gasteiger charge is -1.99. The number of fused-ring (bicyclic) bond motifs is 5. The maximum atomic E-state index is 4.72. The molecule has 1 aromatic carbocycles. The van der Waals surface area contributed by atoms with Crippen LogP contribution >= 0.6 is 11.3 Å². The molecule has 0 bridgehead atoms.